The molecule has 2 aromatic rings. The van der Waals surface area contributed by atoms with Crippen molar-refractivity contribution in [3.63, 3.8) is 0 Å². The Morgan fingerprint density at radius 2 is 2.12 bits per heavy atom. The van der Waals surface area contributed by atoms with Crippen LogP contribution in [-0.2, 0) is 5.92 Å². The first kappa shape index (κ1) is 10.9. The summed E-state index contributed by atoms with van der Waals surface area (Å²) in [6.45, 7) is -0.585. The Kier molecular flexibility index (Phi) is 2.80. The standard InChI is InChI=1S/C11H11F2N3/c12-11(13,7-16-14)9-3-4-10-8(6-9)2-1-5-15-10/h1-6,16H,7,14H2. The molecule has 3 nitrogen and oxygen atoms in total. The molecular formula is C11H11F2N3. The molecule has 0 fully saturated rings. The van der Waals surface area contributed by atoms with E-state index in [1.54, 1.807) is 24.4 Å². The number of rotatable bonds is 3. The third kappa shape index (κ3) is 2.00. The molecule has 0 aliphatic carbocycles. The van der Waals surface area contributed by atoms with Crippen molar-refractivity contribution in [2.24, 2.45) is 5.84 Å². The van der Waals surface area contributed by atoms with Crippen molar-refractivity contribution in [3.8, 4) is 0 Å². The van der Waals surface area contributed by atoms with Gasteiger partial charge >= 0.3 is 0 Å². The predicted octanol–water partition coefficient (Wildman–Crippen LogP) is 1.79. The highest BCUT2D eigenvalue weighted by Crippen LogP contribution is 2.28. The molecule has 0 amide bonds. The Morgan fingerprint density at radius 3 is 2.88 bits per heavy atom. The van der Waals surface area contributed by atoms with Crippen LogP contribution in [0, 0.1) is 0 Å². The van der Waals surface area contributed by atoms with Crippen molar-refractivity contribution in [1.29, 1.82) is 0 Å². The fourth-order valence-corrected chi connectivity index (χ4v) is 1.53. The number of halogens is 2. The van der Waals surface area contributed by atoms with Crippen LogP contribution in [0.15, 0.2) is 36.5 Å². The molecule has 16 heavy (non-hydrogen) atoms. The number of hydrogen-bond acceptors (Lipinski definition) is 3. The van der Waals surface area contributed by atoms with Gasteiger partial charge in [0.15, 0.2) is 0 Å². The first-order valence-electron chi connectivity index (χ1n) is 4.80. The zero-order valence-electron chi connectivity index (χ0n) is 8.45. The topological polar surface area (TPSA) is 50.9 Å². The van der Waals surface area contributed by atoms with E-state index < -0.39 is 12.5 Å². The van der Waals surface area contributed by atoms with E-state index in [9.17, 15) is 8.78 Å². The van der Waals surface area contributed by atoms with Crippen molar-refractivity contribution < 1.29 is 8.78 Å². The molecule has 84 valence electrons. The van der Waals surface area contributed by atoms with E-state index in [-0.39, 0.29) is 5.56 Å². The Bertz CT molecular complexity index is 499. The lowest BCUT2D eigenvalue weighted by Crippen LogP contribution is -2.35. The molecule has 1 heterocycles. The minimum absolute atomic E-state index is 0.0639. The first-order valence-corrected chi connectivity index (χ1v) is 4.80. The number of benzene rings is 1. The van der Waals surface area contributed by atoms with Gasteiger partial charge in [0.25, 0.3) is 5.92 Å². The molecule has 1 aromatic carbocycles. The van der Waals surface area contributed by atoms with Crippen molar-refractivity contribution in [3.05, 3.63) is 42.1 Å². The van der Waals surface area contributed by atoms with Gasteiger partial charge in [-0.3, -0.25) is 16.3 Å². The Balaban J connectivity index is 2.46. The second kappa shape index (κ2) is 4.11. The number of nitrogens with zero attached hydrogens (tertiary/aromatic N) is 1. The van der Waals surface area contributed by atoms with Crippen LogP contribution in [0.2, 0.25) is 0 Å². The molecule has 0 radical (unpaired) electrons. The summed E-state index contributed by atoms with van der Waals surface area (Å²) in [6, 6.07) is 7.84. The zero-order chi connectivity index (χ0) is 11.6. The quantitative estimate of drug-likeness (QED) is 0.616. The molecule has 0 unspecified atom stereocenters. The number of pyridine rings is 1. The molecule has 3 N–H and O–H groups in total. The van der Waals surface area contributed by atoms with Crippen LogP contribution in [0.5, 0.6) is 0 Å². The number of fused-ring (bicyclic) bond motifs is 1. The average molecular weight is 223 g/mol. The lowest BCUT2D eigenvalue weighted by molar-refractivity contribution is -0.00282. The largest absolute Gasteiger partial charge is 0.286 e. The number of hydrogen-bond donors (Lipinski definition) is 2. The Morgan fingerprint density at radius 1 is 1.31 bits per heavy atom. The van der Waals surface area contributed by atoms with Crippen LogP contribution in [0.1, 0.15) is 5.56 Å². The fraction of sp³-hybridized carbons (Fsp3) is 0.182. The smallest absolute Gasteiger partial charge is 0.271 e. The second-order valence-corrected chi connectivity index (χ2v) is 3.50. The van der Waals surface area contributed by atoms with E-state index in [4.69, 9.17) is 5.84 Å². The number of hydrazine groups is 1. The van der Waals surface area contributed by atoms with Crippen molar-refractivity contribution in [2.75, 3.05) is 6.54 Å². The van der Waals surface area contributed by atoms with Gasteiger partial charge in [-0.05, 0) is 18.2 Å². The summed E-state index contributed by atoms with van der Waals surface area (Å²) in [5, 5.41) is 0.691. The van der Waals surface area contributed by atoms with E-state index in [0.29, 0.717) is 10.9 Å². The number of nitrogens with two attached hydrogens (primary N) is 1. The van der Waals surface area contributed by atoms with Crippen molar-refractivity contribution in [2.45, 2.75) is 5.92 Å². The monoisotopic (exact) mass is 223 g/mol. The number of aromatic nitrogens is 1. The summed E-state index contributed by atoms with van der Waals surface area (Å²) in [5.74, 6) is 1.95. The number of nitrogens with one attached hydrogen (secondary N) is 1. The molecule has 0 aliphatic rings. The first-order chi connectivity index (χ1) is 7.63. The van der Waals surface area contributed by atoms with Gasteiger partial charge in [-0.25, -0.2) is 0 Å². The Labute approximate surface area is 91.3 Å². The highest BCUT2D eigenvalue weighted by molar-refractivity contribution is 5.79. The van der Waals surface area contributed by atoms with Gasteiger partial charge < -0.3 is 0 Å². The van der Waals surface area contributed by atoms with Gasteiger partial charge in [0.2, 0.25) is 0 Å². The molecule has 0 atom stereocenters. The minimum atomic E-state index is -2.97. The summed E-state index contributed by atoms with van der Waals surface area (Å²) in [4.78, 5) is 4.07. The van der Waals surface area contributed by atoms with Crippen LogP contribution in [-0.4, -0.2) is 11.5 Å². The van der Waals surface area contributed by atoms with Crippen LogP contribution < -0.4 is 11.3 Å². The minimum Gasteiger partial charge on any atom is -0.271 e. The summed E-state index contributed by atoms with van der Waals surface area (Å²) < 4.78 is 27.0. The maximum absolute atomic E-state index is 13.5. The van der Waals surface area contributed by atoms with Crippen LogP contribution in [0.4, 0.5) is 8.78 Å². The molecule has 2 rings (SSSR count). The van der Waals surface area contributed by atoms with Gasteiger partial charge in [-0.1, -0.05) is 12.1 Å². The lowest BCUT2D eigenvalue weighted by Gasteiger charge is -2.16. The summed E-state index contributed by atoms with van der Waals surface area (Å²) >= 11 is 0. The van der Waals surface area contributed by atoms with Crippen molar-refractivity contribution in [1.82, 2.24) is 10.4 Å². The van der Waals surface area contributed by atoms with Crippen LogP contribution >= 0.6 is 0 Å². The van der Waals surface area contributed by atoms with Gasteiger partial charge in [0, 0.05) is 17.1 Å². The molecule has 5 heteroatoms. The van der Waals surface area contributed by atoms with Crippen LogP contribution in [0.3, 0.4) is 0 Å². The molecule has 0 aliphatic heterocycles. The van der Waals surface area contributed by atoms with E-state index in [1.165, 1.54) is 12.1 Å². The van der Waals surface area contributed by atoms with Gasteiger partial charge in [0.1, 0.15) is 0 Å². The summed E-state index contributed by atoms with van der Waals surface area (Å²) in [6.07, 6.45) is 1.63. The lowest BCUT2D eigenvalue weighted by atomic mass is 10.1. The number of alkyl halides is 2. The maximum Gasteiger partial charge on any atom is 0.286 e. The molecular weight excluding hydrogens is 212 g/mol. The molecule has 0 saturated heterocycles. The van der Waals surface area contributed by atoms with Gasteiger partial charge in [-0.2, -0.15) is 8.78 Å². The highest BCUT2D eigenvalue weighted by Gasteiger charge is 2.30. The normalized spacial score (nSPS) is 11.9. The predicted molar refractivity (Wildman–Crippen MR) is 57.8 cm³/mol. The molecule has 0 spiro atoms. The van der Waals surface area contributed by atoms with Gasteiger partial charge in [-0.15, -0.1) is 0 Å². The van der Waals surface area contributed by atoms with E-state index in [1.807, 2.05) is 5.43 Å². The van der Waals surface area contributed by atoms with E-state index in [2.05, 4.69) is 4.98 Å². The average Bonchev–Trinajstić information content (AvgIpc) is 2.28. The zero-order valence-corrected chi connectivity index (χ0v) is 8.45. The molecule has 0 bridgehead atoms. The maximum atomic E-state index is 13.5. The molecule has 0 saturated carbocycles. The molecule has 1 aromatic heterocycles. The van der Waals surface area contributed by atoms with E-state index in [0.717, 1.165) is 0 Å². The third-order valence-corrected chi connectivity index (χ3v) is 2.35. The SMILES string of the molecule is NNCC(F)(F)c1ccc2ncccc2c1. The highest BCUT2D eigenvalue weighted by atomic mass is 19.3. The Hall–Kier alpha value is -1.59. The van der Waals surface area contributed by atoms with Crippen LogP contribution in [0.25, 0.3) is 10.9 Å². The summed E-state index contributed by atoms with van der Waals surface area (Å²) in [5.41, 5.74) is 2.62. The van der Waals surface area contributed by atoms with E-state index >= 15 is 0 Å². The van der Waals surface area contributed by atoms with Gasteiger partial charge in [0.05, 0.1) is 12.1 Å². The third-order valence-electron chi connectivity index (χ3n) is 2.35. The summed E-state index contributed by atoms with van der Waals surface area (Å²) in [7, 11) is 0. The fourth-order valence-electron chi connectivity index (χ4n) is 1.53. The second-order valence-electron chi connectivity index (χ2n) is 3.50. The van der Waals surface area contributed by atoms with Crippen molar-refractivity contribution >= 4 is 10.9 Å².